The van der Waals surface area contributed by atoms with Crippen LogP contribution in [0.1, 0.15) is 412 Å². The maximum absolute atomic E-state index is 12.5. The Bertz CT molecular complexity index is 1250. The van der Waals surface area contributed by atoms with Crippen molar-refractivity contribution in [3.63, 3.8) is 0 Å². The molecule has 0 aliphatic carbocycles. The van der Waals surface area contributed by atoms with Crippen molar-refractivity contribution in [2.45, 2.75) is 424 Å². The lowest BCUT2D eigenvalue weighted by Gasteiger charge is -2.22. The van der Waals surface area contributed by atoms with Crippen molar-refractivity contribution in [1.82, 2.24) is 5.32 Å². The Balaban J connectivity index is 3.39. The van der Waals surface area contributed by atoms with E-state index < -0.39 is 12.1 Å². The summed E-state index contributed by atoms with van der Waals surface area (Å²) in [4.78, 5) is 24.7. The second-order valence-corrected chi connectivity index (χ2v) is 25.3. The van der Waals surface area contributed by atoms with E-state index in [1.807, 2.05) is 0 Å². The van der Waals surface area contributed by atoms with Gasteiger partial charge in [0.2, 0.25) is 5.91 Å². The van der Waals surface area contributed by atoms with Gasteiger partial charge in [0, 0.05) is 12.8 Å². The number of aliphatic hydroxyl groups excluding tert-OH is 2. The summed E-state index contributed by atoms with van der Waals surface area (Å²) in [5.41, 5.74) is 0. The van der Waals surface area contributed by atoms with Crippen molar-refractivity contribution in [1.29, 1.82) is 0 Å². The molecule has 3 N–H and O–H groups in total. The number of esters is 1. The molecule has 0 bridgehead atoms. The predicted octanol–water partition coefficient (Wildman–Crippen LogP) is 23.7. The minimum atomic E-state index is -0.668. The first-order valence-electron chi connectivity index (χ1n) is 36.6. The molecule has 0 heterocycles. The highest BCUT2D eigenvalue weighted by atomic mass is 16.5. The van der Waals surface area contributed by atoms with Crippen LogP contribution in [0.2, 0.25) is 0 Å². The molecule has 0 spiro atoms. The van der Waals surface area contributed by atoms with E-state index in [2.05, 4.69) is 43.5 Å². The van der Waals surface area contributed by atoms with Crippen molar-refractivity contribution in [2.24, 2.45) is 0 Å². The highest BCUT2D eigenvalue weighted by Gasteiger charge is 2.20. The van der Waals surface area contributed by atoms with Crippen molar-refractivity contribution < 1.29 is 24.5 Å². The van der Waals surface area contributed by atoms with E-state index in [0.717, 1.165) is 44.9 Å². The molecule has 0 saturated carbocycles. The molecule has 2 unspecified atom stereocenters. The molecule has 0 aromatic carbocycles. The van der Waals surface area contributed by atoms with E-state index in [-0.39, 0.29) is 18.5 Å². The summed E-state index contributed by atoms with van der Waals surface area (Å²) in [7, 11) is 0. The first-order valence-corrected chi connectivity index (χ1v) is 36.6. The first-order chi connectivity index (χ1) is 39.5. The lowest BCUT2D eigenvalue weighted by atomic mass is 10.0. The summed E-state index contributed by atoms with van der Waals surface area (Å²) in [5, 5.41) is 23.4. The van der Waals surface area contributed by atoms with Gasteiger partial charge in [0.05, 0.1) is 25.4 Å². The lowest BCUT2D eigenvalue weighted by molar-refractivity contribution is -0.143. The summed E-state index contributed by atoms with van der Waals surface area (Å²) in [6, 6.07) is -0.546. The van der Waals surface area contributed by atoms with Crippen LogP contribution in [0.5, 0.6) is 0 Å². The Morgan fingerprint density at radius 2 is 0.588 bits per heavy atom. The normalized spacial score (nSPS) is 12.6. The minimum absolute atomic E-state index is 0.0107. The number of unbranched alkanes of at least 4 members (excludes halogenated alkanes) is 54. The Morgan fingerprint density at radius 1 is 0.338 bits per heavy atom. The molecule has 0 radical (unpaired) electrons. The standard InChI is InChI=1S/C74H143NO5/c1-3-5-7-9-11-13-15-17-19-21-23-28-31-34-38-42-46-50-54-58-62-66-72(77)71(70-76)75-73(78)67-63-59-55-51-47-43-39-35-32-29-26-24-25-27-30-33-37-41-45-49-53-57-61-65-69-80-74(79)68-64-60-56-52-48-44-40-36-22-20-18-16-14-12-10-8-6-4-2/h20,22,26,29,71-72,76-77H,3-19,21,23-25,27-28,30-70H2,1-2H3,(H,75,78)/b22-20-,29-26-. The van der Waals surface area contributed by atoms with Gasteiger partial charge in [-0.1, -0.05) is 346 Å². The quantitative estimate of drug-likeness (QED) is 0.0320. The predicted molar refractivity (Wildman–Crippen MR) is 352 cm³/mol. The number of hydrogen-bond donors (Lipinski definition) is 3. The number of rotatable bonds is 69. The molecule has 0 rings (SSSR count). The Kier molecular flexibility index (Phi) is 68.4. The zero-order valence-electron chi connectivity index (χ0n) is 54.3. The third kappa shape index (κ3) is 65.5. The highest BCUT2D eigenvalue weighted by Crippen LogP contribution is 2.19. The average molecular weight is 1130 g/mol. The number of carbonyl (C=O) groups is 2. The molecule has 0 aliphatic heterocycles. The Hall–Kier alpha value is -1.66. The zero-order chi connectivity index (χ0) is 57.8. The van der Waals surface area contributed by atoms with Gasteiger partial charge < -0.3 is 20.3 Å². The van der Waals surface area contributed by atoms with Gasteiger partial charge in [0.15, 0.2) is 0 Å². The number of ether oxygens (including phenoxy) is 1. The fourth-order valence-corrected chi connectivity index (χ4v) is 11.6. The topological polar surface area (TPSA) is 95.9 Å². The van der Waals surface area contributed by atoms with Gasteiger partial charge in [-0.2, -0.15) is 0 Å². The summed E-state index contributed by atoms with van der Waals surface area (Å²) >= 11 is 0. The molecule has 1 amide bonds. The van der Waals surface area contributed by atoms with Crippen LogP contribution in [0.4, 0.5) is 0 Å². The van der Waals surface area contributed by atoms with Crippen LogP contribution >= 0.6 is 0 Å². The van der Waals surface area contributed by atoms with E-state index in [4.69, 9.17) is 4.74 Å². The average Bonchev–Trinajstić information content (AvgIpc) is 3.46. The molecule has 0 aromatic heterocycles. The van der Waals surface area contributed by atoms with Gasteiger partial charge in [-0.25, -0.2) is 0 Å². The Labute approximate surface area is 501 Å². The molecule has 6 nitrogen and oxygen atoms in total. The summed E-state index contributed by atoms with van der Waals surface area (Å²) < 4.78 is 5.50. The van der Waals surface area contributed by atoms with Crippen LogP contribution in [0.3, 0.4) is 0 Å². The summed E-state index contributed by atoms with van der Waals surface area (Å²) in [6.07, 6.45) is 88.0. The Morgan fingerprint density at radius 3 is 0.887 bits per heavy atom. The van der Waals surface area contributed by atoms with Crippen molar-refractivity contribution in [3.05, 3.63) is 24.3 Å². The number of nitrogens with one attached hydrogen (secondary N) is 1. The lowest BCUT2D eigenvalue weighted by Crippen LogP contribution is -2.45. The first kappa shape index (κ1) is 78.3. The molecule has 474 valence electrons. The molecular formula is C74H143NO5. The van der Waals surface area contributed by atoms with Crippen LogP contribution in [0, 0.1) is 0 Å². The second kappa shape index (κ2) is 69.8. The highest BCUT2D eigenvalue weighted by molar-refractivity contribution is 5.76. The smallest absolute Gasteiger partial charge is 0.305 e. The van der Waals surface area contributed by atoms with Gasteiger partial charge in [-0.15, -0.1) is 0 Å². The van der Waals surface area contributed by atoms with Gasteiger partial charge in [-0.3, -0.25) is 9.59 Å². The third-order valence-electron chi connectivity index (χ3n) is 17.2. The van der Waals surface area contributed by atoms with Gasteiger partial charge in [0.25, 0.3) is 0 Å². The molecule has 80 heavy (non-hydrogen) atoms. The molecule has 0 saturated heterocycles. The van der Waals surface area contributed by atoms with E-state index in [0.29, 0.717) is 25.9 Å². The summed E-state index contributed by atoms with van der Waals surface area (Å²) in [5.74, 6) is -0.0244. The molecular weight excluding hydrogens is 983 g/mol. The van der Waals surface area contributed by atoms with Crippen molar-refractivity contribution in [2.75, 3.05) is 13.2 Å². The SMILES string of the molecule is CCCCCCCCC/C=C\CCCCCCCCCC(=O)OCCCCCCCCCCCCCC/C=C\CCCCCCCCCCC(=O)NC(CO)C(O)CCCCCCCCCCCCCCCCCCCCCCC. The van der Waals surface area contributed by atoms with Crippen molar-refractivity contribution >= 4 is 11.9 Å². The van der Waals surface area contributed by atoms with E-state index in [1.165, 1.54) is 334 Å². The molecule has 2 atom stereocenters. The largest absolute Gasteiger partial charge is 0.466 e. The fourth-order valence-electron chi connectivity index (χ4n) is 11.6. The maximum atomic E-state index is 12.5. The van der Waals surface area contributed by atoms with E-state index in [9.17, 15) is 19.8 Å². The van der Waals surface area contributed by atoms with E-state index >= 15 is 0 Å². The number of hydrogen-bond acceptors (Lipinski definition) is 5. The van der Waals surface area contributed by atoms with Crippen LogP contribution < -0.4 is 5.32 Å². The van der Waals surface area contributed by atoms with Gasteiger partial charge >= 0.3 is 5.97 Å². The molecule has 0 aromatic rings. The van der Waals surface area contributed by atoms with E-state index in [1.54, 1.807) is 0 Å². The number of allylic oxidation sites excluding steroid dienone is 4. The van der Waals surface area contributed by atoms with Crippen LogP contribution in [-0.2, 0) is 14.3 Å². The minimum Gasteiger partial charge on any atom is -0.466 e. The molecule has 0 aliphatic rings. The second-order valence-electron chi connectivity index (χ2n) is 25.3. The number of amides is 1. The number of aliphatic hydroxyl groups is 2. The fraction of sp³-hybridized carbons (Fsp3) is 0.919. The molecule has 6 heteroatoms. The zero-order valence-corrected chi connectivity index (χ0v) is 54.3. The maximum Gasteiger partial charge on any atom is 0.305 e. The third-order valence-corrected chi connectivity index (χ3v) is 17.2. The molecule has 0 fully saturated rings. The van der Waals surface area contributed by atoms with Crippen LogP contribution in [0.25, 0.3) is 0 Å². The number of carbonyl (C=O) groups excluding carboxylic acids is 2. The monoisotopic (exact) mass is 1130 g/mol. The van der Waals surface area contributed by atoms with Crippen LogP contribution in [0.15, 0.2) is 24.3 Å². The van der Waals surface area contributed by atoms with Crippen LogP contribution in [-0.4, -0.2) is 47.4 Å². The van der Waals surface area contributed by atoms with Gasteiger partial charge in [0.1, 0.15) is 0 Å². The van der Waals surface area contributed by atoms with Gasteiger partial charge in [-0.05, 0) is 77.0 Å². The van der Waals surface area contributed by atoms with Crippen molar-refractivity contribution in [3.8, 4) is 0 Å². The summed E-state index contributed by atoms with van der Waals surface area (Å²) in [6.45, 7) is 4.99.